The third-order valence-electron chi connectivity index (χ3n) is 10.2. The van der Waals surface area contributed by atoms with Gasteiger partial charge in [0, 0.05) is 26.0 Å². The molecule has 17 nitrogen and oxygen atoms in total. The van der Waals surface area contributed by atoms with Gasteiger partial charge in [0.05, 0.1) is 11.1 Å². The van der Waals surface area contributed by atoms with E-state index in [1.54, 1.807) is 108 Å². The number of amides is 3. The van der Waals surface area contributed by atoms with Gasteiger partial charge in [-0.25, -0.2) is 28.8 Å². The van der Waals surface area contributed by atoms with Gasteiger partial charge in [0.1, 0.15) is 47.5 Å². The fourth-order valence-corrected chi connectivity index (χ4v) is 7.27. The molecule has 3 aromatic rings. The third-order valence-corrected chi connectivity index (χ3v) is 11.4. The zero-order valence-corrected chi connectivity index (χ0v) is 40.3. The van der Waals surface area contributed by atoms with Crippen molar-refractivity contribution in [3.05, 3.63) is 102 Å². The summed E-state index contributed by atoms with van der Waals surface area (Å²) in [6, 6.07) is 21.4. The fraction of sp³-hybridized carbons (Fsp3) is 0.479. The molecule has 0 aliphatic carbocycles. The lowest BCUT2D eigenvalue weighted by Crippen LogP contribution is -2.62. The SMILES string of the molecule is C[C@@H](C(=O)O[C@@H]1[C@H](OC(=O)c2ccccc2)[C@@H](OC(=O)c2ccccc2)[C@H](Sc2ccccc2)O[C@@H]1COC(=O)[C@H](C)N(C)C(=O)[C@H](C)N(C)C(=O)OC(C)(C)C)N(C)C(=O)OC(C)(C)C. The molecule has 0 saturated carbocycles. The van der Waals surface area contributed by atoms with Gasteiger partial charge in [0.2, 0.25) is 5.91 Å². The summed E-state index contributed by atoms with van der Waals surface area (Å²) in [5, 5.41) is 0. The second-order valence-electron chi connectivity index (χ2n) is 17.6. The molecule has 0 N–H and O–H groups in total. The Kier molecular flexibility index (Phi) is 18.2. The Hall–Kier alpha value is -6.14. The lowest BCUT2D eigenvalue weighted by atomic mass is 9.98. The third kappa shape index (κ3) is 14.7. The second-order valence-corrected chi connectivity index (χ2v) is 18.8. The van der Waals surface area contributed by atoms with Crippen LogP contribution < -0.4 is 0 Å². The first-order valence-electron chi connectivity index (χ1n) is 21.3. The molecule has 1 saturated heterocycles. The Bertz CT molecular complexity index is 2150. The molecule has 18 heteroatoms. The minimum atomic E-state index is -1.66. The minimum absolute atomic E-state index is 0.114. The zero-order chi connectivity index (χ0) is 49.1. The first-order valence-corrected chi connectivity index (χ1v) is 22.2. The first kappa shape index (κ1) is 52.5. The number of ether oxygens (including phenoxy) is 7. The maximum atomic E-state index is 14.2. The van der Waals surface area contributed by atoms with Gasteiger partial charge < -0.3 is 38.1 Å². The Morgan fingerprint density at radius 2 is 0.985 bits per heavy atom. The number of hydrogen-bond donors (Lipinski definition) is 0. The molecule has 1 fully saturated rings. The van der Waals surface area contributed by atoms with Crippen LogP contribution in [0.2, 0.25) is 0 Å². The molecule has 1 heterocycles. The van der Waals surface area contributed by atoms with Crippen LogP contribution in [-0.4, -0.2) is 144 Å². The fourth-order valence-electron chi connectivity index (χ4n) is 6.14. The molecule has 0 spiro atoms. The van der Waals surface area contributed by atoms with E-state index in [2.05, 4.69) is 0 Å². The number of carbonyl (C=O) groups excluding carboxylic acids is 7. The van der Waals surface area contributed by atoms with Crippen LogP contribution in [0.1, 0.15) is 83.0 Å². The second kappa shape index (κ2) is 22.9. The van der Waals surface area contributed by atoms with Crippen molar-refractivity contribution in [2.24, 2.45) is 0 Å². The van der Waals surface area contributed by atoms with Crippen molar-refractivity contribution >= 4 is 53.7 Å². The minimum Gasteiger partial charge on any atom is -0.461 e. The highest BCUT2D eigenvalue weighted by molar-refractivity contribution is 7.99. The number of thioether (sulfide) groups is 1. The summed E-state index contributed by atoms with van der Waals surface area (Å²) in [6.45, 7) is 13.7. The van der Waals surface area contributed by atoms with Gasteiger partial charge in [-0.1, -0.05) is 66.4 Å². The highest BCUT2D eigenvalue weighted by Crippen LogP contribution is 2.38. The molecule has 4 rings (SSSR count). The monoisotopic (exact) mass is 935 g/mol. The lowest BCUT2D eigenvalue weighted by molar-refractivity contribution is -0.226. The number of carbonyl (C=O) groups is 7. The van der Waals surface area contributed by atoms with Gasteiger partial charge in [0.25, 0.3) is 0 Å². The maximum absolute atomic E-state index is 14.2. The van der Waals surface area contributed by atoms with Crippen LogP contribution in [0.5, 0.6) is 0 Å². The average molecular weight is 936 g/mol. The van der Waals surface area contributed by atoms with Crippen LogP contribution >= 0.6 is 11.8 Å². The topological polar surface area (TPSA) is 194 Å². The number of esters is 4. The highest BCUT2D eigenvalue weighted by Gasteiger charge is 2.54. The molecule has 0 radical (unpaired) electrons. The number of rotatable bonds is 15. The predicted octanol–water partition coefficient (Wildman–Crippen LogP) is 6.77. The molecule has 1 aliphatic rings. The van der Waals surface area contributed by atoms with Crippen LogP contribution in [0.3, 0.4) is 0 Å². The van der Waals surface area contributed by atoms with E-state index in [0.717, 1.165) is 26.5 Å². The highest BCUT2D eigenvalue weighted by atomic mass is 32.2. The van der Waals surface area contributed by atoms with Gasteiger partial charge >= 0.3 is 36.1 Å². The largest absolute Gasteiger partial charge is 0.461 e. The van der Waals surface area contributed by atoms with Gasteiger partial charge in [-0.3, -0.25) is 14.6 Å². The summed E-state index contributed by atoms with van der Waals surface area (Å²) in [4.78, 5) is 99.2. The van der Waals surface area contributed by atoms with Gasteiger partial charge in [0.15, 0.2) is 18.3 Å². The number of hydrogen-bond acceptors (Lipinski definition) is 15. The van der Waals surface area contributed by atoms with E-state index in [0.29, 0.717) is 4.90 Å². The Balaban J connectivity index is 1.76. The van der Waals surface area contributed by atoms with Crippen molar-refractivity contribution in [3.63, 3.8) is 0 Å². The zero-order valence-electron chi connectivity index (χ0n) is 39.5. The maximum Gasteiger partial charge on any atom is 0.410 e. The van der Waals surface area contributed by atoms with Gasteiger partial charge in [-0.05, 0) is 98.7 Å². The molecule has 0 aromatic heterocycles. The Morgan fingerprint density at radius 1 is 0.561 bits per heavy atom. The normalized spacial score (nSPS) is 19.7. The lowest BCUT2D eigenvalue weighted by Gasteiger charge is -2.45. The van der Waals surface area contributed by atoms with Crippen molar-refractivity contribution in [3.8, 4) is 0 Å². The van der Waals surface area contributed by atoms with Crippen molar-refractivity contribution in [1.82, 2.24) is 14.7 Å². The van der Waals surface area contributed by atoms with E-state index in [1.807, 2.05) is 0 Å². The molecule has 3 aromatic carbocycles. The Morgan fingerprint density at radius 3 is 1.45 bits per heavy atom. The van der Waals surface area contributed by atoms with E-state index in [4.69, 9.17) is 33.2 Å². The van der Waals surface area contributed by atoms with Crippen molar-refractivity contribution in [2.75, 3.05) is 27.7 Å². The molecule has 66 heavy (non-hydrogen) atoms. The Labute approximate surface area is 390 Å². The summed E-state index contributed by atoms with van der Waals surface area (Å²) in [5.41, 5.74) is -2.65. The molecule has 1 aliphatic heterocycles. The van der Waals surface area contributed by atoms with E-state index in [-0.39, 0.29) is 11.1 Å². The van der Waals surface area contributed by atoms with Crippen LogP contribution in [0.15, 0.2) is 95.9 Å². The summed E-state index contributed by atoms with van der Waals surface area (Å²) in [7, 11) is 4.11. The molecular formula is C48H61N3O14S. The van der Waals surface area contributed by atoms with Crippen LogP contribution in [0.25, 0.3) is 0 Å². The standard InChI is InChI=1S/C48H61N3O14S/c1-29(50(11)45(57)64-47(4,5)6)39(52)49(10)30(2)40(53)59-28-35-36(61-41(54)31(3)51(12)46(58)65-48(7,8)9)37(62-42(55)32-22-16-13-17-23-32)38(63-43(56)33-24-18-14-19-25-33)44(60-35)66-34-26-20-15-21-27-34/h13-27,29-31,35-38,44H,28H2,1-12H3/t29-,30-,31-,35+,36-,37-,38+,44-/m0/s1. The summed E-state index contributed by atoms with van der Waals surface area (Å²) in [5.74, 6) is -4.20. The summed E-state index contributed by atoms with van der Waals surface area (Å²) < 4.78 is 41.7. The summed E-state index contributed by atoms with van der Waals surface area (Å²) >= 11 is 1.11. The molecular weight excluding hydrogens is 875 g/mol. The molecule has 3 amide bonds. The predicted molar refractivity (Wildman–Crippen MR) is 242 cm³/mol. The number of nitrogens with zero attached hydrogens (tertiary/aromatic N) is 3. The molecule has 0 unspecified atom stereocenters. The first-order chi connectivity index (χ1) is 30.9. The van der Waals surface area contributed by atoms with Crippen LogP contribution in [0, 0.1) is 0 Å². The van der Waals surface area contributed by atoms with Crippen molar-refractivity contribution < 1.29 is 66.7 Å². The van der Waals surface area contributed by atoms with E-state index >= 15 is 0 Å². The van der Waals surface area contributed by atoms with Crippen molar-refractivity contribution in [2.45, 2.75) is 126 Å². The van der Waals surface area contributed by atoms with E-state index in [9.17, 15) is 33.6 Å². The molecule has 0 bridgehead atoms. The number of likely N-dealkylation sites (N-methyl/N-ethyl adjacent to an activating group) is 3. The van der Waals surface area contributed by atoms with Crippen LogP contribution in [0.4, 0.5) is 9.59 Å². The number of benzene rings is 3. The van der Waals surface area contributed by atoms with Crippen molar-refractivity contribution in [1.29, 1.82) is 0 Å². The van der Waals surface area contributed by atoms with E-state index < -0.39 is 108 Å². The molecule has 8 atom stereocenters. The van der Waals surface area contributed by atoms with Gasteiger partial charge in [-0.15, -0.1) is 0 Å². The van der Waals surface area contributed by atoms with Gasteiger partial charge in [-0.2, -0.15) is 0 Å². The van der Waals surface area contributed by atoms with Crippen LogP contribution in [-0.2, 0) is 47.5 Å². The summed E-state index contributed by atoms with van der Waals surface area (Å²) in [6.07, 6.45) is -7.78. The quantitative estimate of drug-likeness (QED) is 0.114. The average Bonchev–Trinajstić information content (AvgIpc) is 3.27. The van der Waals surface area contributed by atoms with E-state index in [1.165, 1.54) is 66.2 Å². The molecule has 358 valence electrons. The smallest absolute Gasteiger partial charge is 0.410 e.